The first-order valence-corrected chi connectivity index (χ1v) is 10.4. The van der Waals surface area contributed by atoms with E-state index in [1.54, 1.807) is 14.2 Å². The number of methoxy groups -OCH3 is 2. The number of hydrogen-bond acceptors (Lipinski definition) is 4. The van der Waals surface area contributed by atoms with E-state index in [-0.39, 0.29) is 5.41 Å². The summed E-state index contributed by atoms with van der Waals surface area (Å²) in [6.07, 6.45) is 5.45. The summed E-state index contributed by atoms with van der Waals surface area (Å²) < 4.78 is 17.2. The van der Waals surface area contributed by atoms with Crippen LogP contribution in [0.4, 0.5) is 0 Å². The van der Waals surface area contributed by atoms with Crippen LogP contribution in [-0.2, 0) is 16.8 Å². The molecule has 1 aliphatic carbocycles. The molecule has 0 radical (unpaired) electrons. The lowest BCUT2D eigenvalue weighted by Crippen LogP contribution is -2.42. The van der Waals surface area contributed by atoms with E-state index in [0.29, 0.717) is 12.6 Å². The van der Waals surface area contributed by atoms with Gasteiger partial charge in [0.2, 0.25) is 0 Å². The van der Waals surface area contributed by atoms with Crippen molar-refractivity contribution in [2.75, 3.05) is 27.8 Å². The summed E-state index contributed by atoms with van der Waals surface area (Å²) in [5, 5.41) is 0.748. The molecular formula is C24H28ClNO3. The predicted octanol–water partition coefficient (Wildman–Crippen LogP) is 5.19. The third kappa shape index (κ3) is 3.84. The van der Waals surface area contributed by atoms with Crippen LogP contribution in [-0.4, -0.2) is 38.8 Å². The van der Waals surface area contributed by atoms with Gasteiger partial charge in [-0.15, -0.1) is 0 Å². The van der Waals surface area contributed by atoms with Crippen molar-refractivity contribution in [1.29, 1.82) is 0 Å². The molecule has 29 heavy (non-hydrogen) atoms. The van der Waals surface area contributed by atoms with Crippen LogP contribution < -0.4 is 9.47 Å². The highest BCUT2D eigenvalue weighted by molar-refractivity contribution is 6.30. The predicted molar refractivity (Wildman–Crippen MR) is 116 cm³/mol. The molecule has 154 valence electrons. The quantitative estimate of drug-likeness (QED) is 0.651. The highest BCUT2D eigenvalue weighted by Crippen LogP contribution is 2.49. The molecule has 0 amide bonds. The average molecular weight is 414 g/mol. The smallest absolute Gasteiger partial charge is 0.161 e. The zero-order valence-electron chi connectivity index (χ0n) is 17.3. The highest BCUT2D eigenvalue weighted by Gasteiger charge is 2.48. The topological polar surface area (TPSA) is 30.9 Å². The molecule has 1 aliphatic heterocycles. The average Bonchev–Trinajstić information content (AvgIpc) is 3.10. The molecule has 4 nitrogen and oxygen atoms in total. The maximum absolute atomic E-state index is 6.17. The maximum Gasteiger partial charge on any atom is 0.161 e. The Labute approximate surface area is 178 Å². The van der Waals surface area contributed by atoms with Crippen molar-refractivity contribution in [3.05, 3.63) is 70.4 Å². The van der Waals surface area contributed by atoms with E-state index in [0.717, 1.165) is 53.7 Å². The SMILES string of the molecule is COc1ccc([C@@]23CCC(OCc4ccc(Cl)cc4)=C[C@@H]2N(C)CC3)cc1OC. The van der Waals surface area contributed by atoms with Crippen molar-refractivity contribution < 1.29 is 14.2 Å². The van der Waals surface area contributed by atoms with Crippen LogP contribution in [0.15, 0.2) is 54.3 Å². The van der Waals surface area contributed by atoms with Crippen LogP contribution in [0.25, 0.3) is 0 Å². The molecule has 4 rings (SSSR count). The number of allylic oxidation sites excluding steroid dienone is 1. The number of fused-ring (bicyclic) bond motifs is 1. The van der Waals surface area contributed by atoms with Crippen LogP contribution in [0.2, 0.25) is 5.02 Å². The molecule has 2 atom stereocenters. The standard InChI is InChI=1S/C24H28ClNO3/c1-26-13-12-24(18-6-9-21(27-2)22(14-18)28-3)11-10-20(15-23(24)26)29-16-17-4-7-19(25)8-5-17/h4-9,14-15,23H,10-13,16H2,1-3H3/t23-,24-/m0/s1. The second-order valence-electron chi connectivity index (χ2n) is 7.95. The Morgan fingerprint density at radius 2 is 1.79 bits per heavy atom. The summed E-state index contributed by atoms with van der Waals surface area (Å²) in [6.45, 7) is 1.64. The largest absolute Gasteiger partial charge is 0.494 e. The van der Waals surface area contributed by atoms with E-state index < -0.39 is 0 Å². The molecule has 2 aliphatic rings. The van der Waals surface area contributed by atoms with Crippen molar-refractivity contribution in [3.8, 4) is 11.5 Å². The van der Waals surface area contributed by atoms with Gasteiger partial charge in [-0.1, -0.05) is 29.8 Å². The van der Waals surface area contributed by atoms with Gasteiger partial charge >= 0.3 is 0 Å². The van der Waals surface area contributed by atoms with Gasteiger partial charge in [-0.25, -0.2) is 0 Å². The van der Waals surface area contributed by atoms with Gasteiger partial charge in [0.1, 0.15) is 6.61 Å². The number of nitrogens with zero attached hydrogens (tertiary/aromatic N) is 1. The lowest BCUT2D eigenvalue weighted by molar-refractivity contribution is 0.157. The number of ether oxygens (including phenoxy) is 3. The molecule has 1 fully saturated rings. The van der Waals surface area contributed by atoms with Gasteiger partial charge in [0, 0.05) is 22.9 Å². The first kappa shape index (κ1) is 20.1. The summed E-state index contributed by atoms with van der Waals surface area (Å²) in [6, 6.07) is 14.5. The molecule has 5 heteroatoms. The number of benzene rings is 2. The van der Waals surface area contributed by atoms with Crippen LogP contribution in [0.5, 0.6) is 11.5 Å². The van der Waals surface area contributed by atoms with Crippen molar-refractivity contribution in [3.63, 3.8) is 0 Å². The minimum atomic E-state index is 0.0848. The maximum atomic E-state index is 6.17. The normalized spacial score (nSPS) is 24.0. The van der Waals surface area contributed by atoms with Gasteiger partial charge in [-0.2, -0.15) is 0 Å². The summed E-state index contributed by atoms with van der Waals surface area (Å²) >= 11 is 5.98. The van der Waals surface area contributed by atoms with E-state index in [4.69, 9.17) is 25.8 Å². The second-order valence-corrected chi connectivity index (χ2v) is 8.39. The molecule has 2 aromatic carbocycles. The number of rotatable bonds is 6. The molecule has 2 aromatic rings. The third-order valence-corrected chi connectivity index (χ3v) is 6.66. The number of likely N-dealkylation sites (tertiary alicyclic amines) is 1. The Hall–Kier alpha value is -2.17. The van der Waals surface area contributed by atoms with Gasteiger partial charge in [-0.05, 0) is 67.9 Å². The summed E-state index contributed by atoms with van der Waals surface area (Å²) in [7, 11) is 5.57. The molecule has 0 aromatic heterocycles. The number of hydrogen-bond donors (Lipinski definition) is 0. The fourth-order valence-corrected chi connectivity index (χ4v) is 4.86. The monoisotopic (exact) mass is 413 g/mol. The highest BCUT2D eigenvalue weighted by atomic mass is 35.5. The Bertz CT molecular complexity index is 895. The Morgan fingerprint density at radius 1 is 1.03 bits per heavy atom. The molecule has 0 spiro atoms. The van der Waals surface area contributed by atoms with Gasteiger partial charge in [-0.3, -0.25) is 4.90 Å². The Kier molecular flexibility index (Phi) is 5.75. The minimum absolute atomic E-state index is 0.0848. The van der Waals surface area contributed by atoms with Crippen LogP contribution in [0.3, 0.4) is 0 Å². The third-order valence-electron chi connectivity index (χ3n) is 6.41. The molecule has 1 heterocycles. The Balaban J connectivity index is 1.57. The zero-order chi connectivity index (χ0) is 20.4. The zero-order valence-corrected chi connectivity index (χ0v) is 18.0. The summed E-state index contributed by atoms with van der Waals surface area (Å²) in [4.78, 5) is 2.43. The molecule has 0 bridgehead atoms. The van der Waals surface area contributed by atoms with Crippen LogP contribution in [0.1, 0.15) is 30.4 Å². The molecule has 1 saturated heterocycles. The fraction of sp³-hybridized carbons (Fsp3) is 0.417. The lowest BCUT2D eigenvalue weighted by atomic mass is 9.68. The minimum Gasteiger partial charge on any atom is -0.494 e. The van der Waals surface area contributed by atoms with E-state index >= 15 is 0 Å². The lowest BCUT2D eigenvalue weighted by Gasteiger charge is -2.40. The molecule has 0 saturated carbocycles. The molecule has 0 unspecified atom stereocenters. The second kappa shape index (κ2) is 8.29. The van der Waals surface area contributed by atoms with Crippen molar-refractivity contribution >= 4 is 11.6 Å². The van der Waals surface area contributed by atoms with Gasteiger partial charge < -0.3 is 14.2 Å². The molecular weight excluding hydrogens is 386 g/mol. The van der Waals surface area contributed by atoms with Crippen LogP contribution >= 0.6 is 11.6 Å². The Morgan fingerprint density at radius 3 is 2.52 bits per heavy atom. The van der Waals surface area contributed by atoms with Crippen molar-refractivity contribution in [2.24, 2.45) is 0 Å². The van der Waals surface area contributed by atoms with Gasteiger partial charge in [0.05, 0.1) is 20.0 Å². The summed E-state index contributed by atoms with van der Waals surface area (Å²) in [5.41, 5.74) is 2.53. The summed E-state index contributed by atoms with van der Waals surface area (Å²) in [5.74, 6) is 2.64. The van der Waals surface area contributed by atoms with E-state index in [2.05, 4.69) is 30.2 Å². The molecule has 0 N–H and O–H groups in total. The van der Waals surface area contributed by atoms with Crippen LogP contribution in [0, 0.1) is 0 Å². The first-order valence-electron chi connectivity index (χ1n) is 10.1. The van der Waals surface area contributed by atoms with E-state index in [9.17, 15) is 0 Å². The van der Waals surface area contributed by atoms with E-state index in [1.165, 1.54) is 5.56 Å². The first-order chi connectivity index (χ1) is 14.1. The van der Waals surface area contributed by atoms with E-state index in [1.807, 2.05) is 30.3 Å². The van der Waals surface area contributed by atoms with Gasteiger partial charge in [0.15, 0.2) is 11.5 Å². The fourth-order valence-electron chi connectivity index (χ4n) is 4.73. The number of halogens is 1. The number of likely N-dealkylation sites (N-methyl/N-ethyl adjacent to an activating group) is 1. The van der Waals surface area contributed by atoms with Crippen molar-refractivity contribution in [1.82, 2.24) is 4.90 Å². The van der Waals surface area contributed by atoms with Crippen molar-refractivity contribution in [2.45, 2.75) is 37.3 Å². The van der Waals surface area contributed by atoms with Gasteiger partial charge in [0.25, 0.3) is 0 Å².